The quantitative estimate of drug-likeness (QED) is 0.745. The highest BCUT2D eigenvalue weighted by Crippen LogP contribution is 2.51. The first-order valence-electron chi connectivity index (χ1n) is 5.62. The van der Waals surface area contributed by atoms with Crippen molar-refractivity contribution in [3.8, 4) is 0 Å². The largest absolute Gasteiger partial charge is 0.293 e. The van der Waals surface area contributed by atoms with Crippen molar-refractivity contribution in [3.63, 3.8) is 0 Å². The summed E-state index contributed by atoms with van der Waals surface area (Å²) in [6.07, 6.45) is 3.92. The number of thioether (sulfide) groups is 1. The predicted octanol–water partition coefficient (Wildman–Crippen LogP) is 3.35. The van der Waals surface area contributed by atoms with Crippen molar-refractivity contribution in [2.75, 3.05) is 5.75 Å². The monoisotopic (exact) mass is 239 g/mol. The third-order valence-corrected chi connectivity index (χ3v) is 6.20. The Labute approximate surface area is 99.7 Å². The van der Waals surface area contributed by atoms with Crippen molar-refractivity contribution in [3.05, 3.63) is 21.9 Å². The molecule has 2 heterocycles. The minimum absolute atomic E-state index is 0.247. The van der Waals surface area contributed by atoms with Gasteiger partial charge in [-0.3, -0.25) is 5.32 Å². The Balaban J connectivity index is 2.02. The summed E-state index contributed by atoms with van der Waals surface area (Å²) in [7, 11) is 0. The third kappa shape index (κ3) is 1.56. The van der Waals surface area contributed by atoms with Gasteiger partial charge in [0.1, 0.15) is 0 Å². The molecule has 0 saturated carbocycles. The molecule has 0 bridgehead atoms. The number of nitrogens with one attached hydrogen (secondary N) is 1. The molecule has 15 heavy (non-hydrogen) atoms. The average molecular weight is 239 g/mol. The van der Waals surface area contributed by atoms with Gasteiger partial charge in [-0.2, -0.15) is 0 Å². The maximum absolute atomic E-state index is 3.86. The molecule has 0 amide bonds. The van der Waals surface area contributed by atoms with E-state index in [9.17, 15) is 0 Å². The van der Waals surface area contributed by atoms with E-state index in [0.717, 1.165) is 0 Å². The van der Waals surface area contributed by atoms with Gasteiger partial charge in [-0.1, -0.05) is 0 Å². The first kappa shape index (κ1) is 10.2. The highest BCUT2D eigenvalue weighted by atomic mass is 32.2. The minimum atomic E-state index is 0.247. The molecule has 0 radical (unpaired) electrons. The lowest BCUT2D eigenvalue weighted by Crippen LogP contribution is -2.46. The fourth-order valence-electron chi connectivity index (χ4n) is 2.73. The number of fused-ring (bicyclic) bond motifs is 2. The normalized spacial score (nSPS) is 33.2. The van der Waals surface area contributed by atoms with E-state index >= 15 is 0 Å². The Morgan fingerprint density at radius 2 is 2.27 bits per heavy atom. The second-order valence-electron chi connectivity index (χ2n) is 5.24. The lowest BCUT2D eigenvalue weighted by atomic mass is 9.91. The van der Waals surface area contributed by atoms with Crippen LogP contribution < -0.4 is 5.32 Å². The maximum Gasteiger partial charge on any atom is 0.0917 e. The Bertz CT molecular complexity index is 383. The van der Waals surface area contributed by atoms with Crippen molar-refractivity contribution in [2.24, 2.45) is 0 Å². The number of thiophene rings is 1. The molecule has 1 aromatic rings. The molecule has 1 fully saturated rings. The molecular weight excluding hydrogens is 222 g/mol. The summed E-state index contributed by atoms with van der Waals surface area (Å²) in [5.41, 5.74) is 1.87. The standard InChI is InChI=1S/C12H17NS2/c1-11(2)8-15-12(13-11)6-3-4-10-9(12)5-7-14-10/h5,7,13H,3-4,6,8H2,1-2H3. The Morgan fingerprint density at radius 3 is 3.00 bits per heavy atom. The van der Waals surface area contributed by atoms with Gasteiger partial charge in [0.2, 0.25) is 0 Å². The van der Waals surface area contributed by atoms with E-state index in [1.54, 1.807) is 10.4 Å². The molecule has 3 heteroatoms. The van der Waals surface area contributed by atoms with Crippen LogP contribution in [0, 0.1) is 0 Å². The van der Waals surface area contributed by atoms with Gasteiger partial charge < -0.3 is 0 Å². The van der Waals surface area contributed by atoms with Crippen molar-refractivity contribution in [1.29, 1.82) is 0 Å². The van der Waals surface area contributed by atoms with Crippen LogP contribution in [-0.4, -0.2) is 11.3 Å². The van der Waals surface area contributed by atoms with Crippen molar-refractivity contribution >= 4 is 23.1 Å². The molecular formula is C12H17NS2. The summed E-state index contributed by atoms with van der Waals surface area (Å²) in [5, 5.41) is 6.11. The van der Waals surface area contributed by atoms with Crippen LogP contribution in [0.2, 0.25) is 0 Å². The number of hydrogen-bond donors (Lipinski definition) is 1. The van der Waals surface area contributed by atoms with Crippen molar-refractivity contribution in [2.45, 2.75) is 43.5 Å². The van der Waals surface area contributed by atoms with Crippen LogP contribution in [0.5, 0.6) is 0 Å². The zero-order valence-corrected chi connectivity index (χ0v) is 10.9. The van der Waals surface area contributed by atoms with Gasteiger partial charge in [-0.25, -0.2) is 0 Å². The van der Waals surface area contributed by atoms with E-state index in [2.05, 4.69) is 42.4 Å². The van der Waals surface area contributed by atoms with Crippen LogP contribution in [-0.2, 0) is 11.3 Å². The van der Waals surface area contributed by atoms with Crippen LogP contribution in [0.4, 0.5) is 0 Å². The lowest BCUT2D eigenvalue weighted by Gasteiger charge is -2.35. The topological polar surface area (TPSA) is 12.0 Å². The summed E-state index contributed by atoms with van der Waals surface area (Å²) in [6, 6.07) is 2.33. The summed E-state index contributed by atoms with van der Waals surface area (Å²) >= 11 is 4.05. The van der Waals surface area contributed by atoms with Gasteiger partial charge in [0.15, 0.2) is 0 Å². The summed E-state index contributed by atoms with van der Waals surface area (Å²) in [4.78, 5) is 1.86. The van der Waals surface area contributed by atoms with Gasteiger partial charge in [-0.15, -0.1) is 23.1 Å². The molecule has 1 saturated heterocycles. The molecule has 2 aliphatic rings. The first-order valence-corrected chi connectivity index (χ1v) is 7.48. The Kier molecular flexibility index (Phi) is 2.21. The van der Waals surface area contributed by atoms with Crippen LogP contribution >= 0.6 is 23.1 Å². The smallest absolute Gasteiger partial charge is 0.0917 e. The fraction of sp³-hybridized carbons (Fsp3) is 0.667. The molecule has 0 aromatic carbocycles. The van der Waals surface area contributed by atoms with E-state index in [0.29, 0.717) is 5.54 Å². The molecule has 1 nitrogen and oxygen atoms in total. The lowest BCUT2D eigenvalue weighted by molar-refractivity contribution is 0.339. The van der Waals surface area contributed by atoms with Crippen LogP contribution in [0.25, 0.3) is 0 Å². The predicted molar refractivity (Wildman–Crippen MR) is 68.6 cm³/mol. The van der Waals surface area contributed by atoms with E-state index in [-0.39, 0.29) is 4.87 Å². The minimum Gasteiger partial charge on any atom is -0.293 e. The first-order chi connectivity index (χ1) is 7.11. The third-order valence-electron chi connectivity index (χ3n) is 3.33. The number of aryl methyl sites for hydroxylation is 1. The molecule has 1 spiro atoms. The van der Waals surface area contributed by atoms with Gasteiger partial charge in [0.25, 0.3) is 0 Å². The summed E-state index contributed by atoms with van der Waals surface area (Å²) in [6.45, 7) is 4.63. The van der Waals surface area contributed by atoms with Crippen LogP contribution in [0.1, 0.15) is 37.1 Å². The van der Waals surface area contributed by atoms with E-state index in [1.165, 1.54) is 25.0 Å². The SMILES string of the molecule is CC1(C)CSC2(CCCc3sccc32)N1. The van der Waals surface area contributed by atoms with Crippen molar-refractivity contribution < 1.29 is 0 Å². The fourth-order valence-corrected chi connectivity index (χ4v) is 5.46. The Morgan fingerprint density at radius 1 is 1.40 bits per heavy atom. The van der Waals surface area contributed by atoms with E-state index in [4.69, 9.17) is 0 Å². The zero-order valence-electron chi connectivity index (χ0n) is 9.30. The maximum atomic E-state index is 3.86. The summed E-state index contributed by atoms with van der Waals surface area (Å²) < 4.78 is 0. The van der Waals surface area contributed by atoms with Crippen LogP contribution in [0.3, 0.4) is 0 Å². The van der Waals surface area contributed by atoms with Gasteiger partial charge in [-0.05, 0) is 50.1 Å². The zero-order chi connectivity index (χ0) is 10.5. The van der Waals surface area contributed by atoms with Crippen molar-refractivity contribution in [1.82, 2.24) is 5.32 Å². The highest BCUT2D eigenvalue weighted by molar-refractivity contribution is 8.00. The molecule has 1 atom stereocenters. The summed E-state index contributed by atoms with van der Waals surface area (Å²) in [5.74, 6) is 1.22. The molecule has 1 N–H and O–H groups in total. The molecule has 1 unspecified atom stereocenters. The van der Waals surface area contributed by atoms with Gasteiger partial charge >= 0.3 is 0 Å². The van der Waals surface area contributed by atoms with E-state index < -0.39 is 0 Å². The molecule has 1 aromatic heterocycles. The van der Waals surface area contributed by atoms with E-state index in [1.807, 2.05) is 11.3 Å². The van der Waals surface area contributed by atoms with Gasteiger partial charge in [0.05, 0.1) is 4.87 Å². The molecule has 1 aliphatic heterocycles. The molecule has 82 valence electrons. The van der Waals surface area contributed by atoms with Crippen LogP contribution in [0.15, 0.2) is 11.4 Å². The molecule has 1 aliphatic carbocycles. The average Bonchev–Trinajstić information content (AvgIpc) is 2.73. The number of rotatable bonds is 0. The second kappa shape index (κ2) is 3.25. The highest BCUT2D eigenvalue weighted by Gasteiger charge is 2.46. The van der Waals surface area contributed by atoms with Gasteiger partial charge in [0, 0.05) is 16.2 Å². The molecule has 3 rings (SSSR count). The second-order valence-corrected chi connectivity index (χ2v) is 7.51. The number of hydrogen-bond acceptors (Lipinski definition) is 3. The Hall–Kier alpha value is 0.01000.